The SMILES string of the molecule is CCC[C@@H](NC(=O)c1ccc(Br)cc1Cl)C(=O)O. The molecule has 0 bridgehead atoms. The Morgan fingerprint density at radius 3 is 2.67 bits per heavy atom. The summed E-state index contributed by atoms with van der Waals surface area (Å²) in [5.74, 6) is -1.52. The largest absolute Gasteiger partial charge is 0.480 e. The summed E-state index contributed by atoms with van der Waals surface area (Å²) in [5, 5.41) is 11.7. The number of carboxylic acids is 1. The van der Waals surface area contributed by atoms with Crippen molar-refractivity contribution in [3.8, 4) is 0 Å². The Morgan fingerprint density at radius 2 is 2.17 bits per heavy atom. The maximum Gasteiger partial charge on any atom is 0.326 e. The van der Waals surface area contributed by atoms with Crippen LogP contribution >= 0.6 is 27.5 Å². The Bertz CT molecular complexity index is 465. The Morgan fingerprint density at radius 1 is 1.50 bits per heavy atom. The monoisotopic (exact) mass is 333 g/mol. The van der Waals surface area contributed by atoms with Gasteiger partial charge >= 0.3 is 5.97 Å². The molecule has 0 aliphatic rings. The molecule has 0 aliphatic heterocycles. The minimum atomic E-state index is -1.04. The first kappa shape index (κ1) is 15.0. The Kier molecular flexibility index (Phi) is 5.62. The summed E-state index contributed by atoms with van der Waals surface area (Å²) in [6.45, 7) is 1.86. The lowest BCUT2D eigenvalue weighted by molar-refractivity contribution is -0.139. The van der Waals surface area contributed by atoms with Gasteiger partial charge in [-0.2, -0.15) is 0 Å². The van der Waals surface area contributed by atoms with Crippen LogP contribution in [0.1, 0.15) is 30.1 Å². The molecule has 0 heterocycles. The second-order valence-electron chi connectivity index (χ2n) is 3.78. The van der Waals surface area contributed by atoms with E-state index in [1.54, 1.807) is 18.2 Å². The lowest BCUT2D eigenvalue weighted by atomic mass is 10.1. The summed E-state index contributed by atoms with van der Waals surface area (Å²) in [6, 6.07) is 3.93. The molecule has 6 heteroatoms. The maximum atomic E-state index is 11.9. The zero-order chi connectivity index (χ0) is 13.7. The average Bonchev–Trinajstić information content (AvgIpc) is 2.27. The molecule has 1 aromatic rings. The van der Waals surface area contributed by atoms with Gasteiger partial charge in [0.05, 0.1) is 10.6 Å². The van der Waals surface area contributed by atoms with Crippen LogP contribution in [-0.4, -0.2) is 23.0 Å². The van der Waals surface area contributed by atoms with E-state index in [0.29, 0.717) is 12.8 Å². The number of aliphatic carboxylic acids is 1. The highest BCUT2D eigenvalue weighted by molar-refractivity contribution is 9.10. The van der Waals surface area contributed by atoms with Crippen LogP contribution in [0.15, 0.2) is 22.7 Å². The molecular weight excluding hydrogens is 321 g/mol. The fourth-order valence-electron chi connectivity index (χ4n) is 1.46. The predicted molar refractivity (Wildman–Crippen MR) is 73.0 cm³/mol. The van der Waals surface area contributed by atoms with Crippen LogP contribution < -0.4 is 5.32 Å². The van der Waals surface area contributed by atoms with Gasteiger partial charge in [0.2, 0.25) is 0 Å². The van der Waals surface area contributed by atoms with E-state index in [-0.39, 0.29) is 10.6 Å². The van der Waals surface area contributed by atoms with Crippen molar-refractivity contribution >= 4 is 39.4 Å². The first-order chi connectivity index (χ1) is 8.45. The van der Waals surface area contributed by atoms with Gasteiger partial charge in [-0.3, -0.25) is 4.79 Å². The molecule has 0 aliphatic carbocycles. The minimum Gasteiger partial charge on any atom is -0.480 e. The molecule has 2 N–H and O–H groups in total. The van der Waals surface area contributed by atoms with E-state index in [2.05, 4.69) is 21.2 Å². The molecule has 0 saturated carbocycles. The number of carbonyl (C=O) groups excluding carboxylic acids is 1. The molecule has 0 unspecified atom stereocenters. The lowest BCUT2D eigenvalue weighted by Gasteiger charge is -2.14. The smallest absolute Gasteiger partial charge is 0.326 e. The third kappa shape index (κ3) is 3.99. The van der Waals surface area contributed by atoms with Crippen LogP contribution in [0, 0.1) is 0 Å². The topological polar surface area (TPSA) is 66.4 Å². The molecular formula is C12H13BrClNO3. The summed E-state index contributed by atoms with van der Waals surface area (Å²) >= 11 is 9.16. The van der Waals surface area contributed by atoms with Gasteiger partial charge in [0.1, 0.15) is 6.04 Å². The number of benzene rings is 1. The van der Waals surface area contributed by atoms with E-state index in [1.165, 1.54) is 0 Å². The Hall–Kier alpha value is -1.07. The van der Waals surface area contributed by atoms with Crippen molar-refractivity contribution in [1.29, 1.82) is 0 Å². The van der Waals surface area contributed by atoms with E-state index < -0.39 is 17.9 Å². The zero-order valence-electron chi connectivity index (χ0n) is 9.74. The number of hydrogen-bond donors (Lipinski definition) is 2. The molecule has 1 rings (SSSR count). The minimum absolute atomic E-state index is 0.266. The normalized spacial score (nSPS) is 11.9. The molecule has 0 fully saturated rings. The molecule has 1 atom stereocenters. The second kappa shape index (κ2) is 6.75. The third-order valence-corrected chi connectivity index (χ3v) is 3.16. The zero-order valence-corrected chi connectivity index (χ0v) is 12.1. The van der Waals surface area contributed by atoms with Crippen molar-refractivity contribution in [1.82, 2.24) is 5.32 Å². The number of halogens is 2. The highest BCUT2D eigenvalue weighted by Gasteiger charge is 2.20. The van der Waals surface area contributed by atoms with Crippen molar-refractivity contribution in [2.45, 2.75) is 25.8 Å². The number of nitrogens with one attached hydrogen (secondary N) is 1. The fourth-order valence-corrected chi connectivity index (χ4v) is 2.21. The lowest BCUT2D eigenvalue weighted by Crippen LogP contribution is -2.40. The average molecular weight is 335 g/mol. The van der Waals surface area contributed by atoms with Crippen molar-refractivity contribution in [2.75, 3.05) is 0 Å². The van der Waals surface area contributed by atoms with Gasteiger partial charge in [-0.15, -0.1) is 0 Å². The van der Waals surface area contributed by atoms with E-state index in [1.807, 2.05) is 6.92 Å². The molecule has 0 saturated heterocycles. The molecule has 0 spiro atoms. The van der Waals surface area contributed by atoms with Crippen LogP contribution in [0.25, 0.3) is 0 Å². The van der Waals surface area contributed by atoms with Crippen molar-refractivity contribution in [3.05, 3.63) is 33.3 Å². The molecule has 18 heavy (non-hydrogen) atoms. The molecule has 98 valence electrons. The van der Waals surface area contributed by atoms with E-state index >= 15 is 0 Å². The van der Waals surface area contributed by atoms with Gasteiger partial charge in [0.15, 0.2) is 0 Å². The number of carboxylic acid groups (broad SMARTS) is 1. The summed E-state index contributed by atoms with van der Waals surface area (Å²) < 4.78 is 0.757. The summed E-state index contributed by atoms with van der Waals surface area (Å²) in [5.41, 5.74) is 0.266. The van der Waals surface area contributed by atoms with Crippen molar-refractivity contribution < 1.29 is 14.7 Å². The van der Waals surface area contributed by atoms with Gasteiger partial charge in [0, 0.05) is 4.47 Å². The van der Waals surface area contributed by atoms with Gasteiger partial charge in [-0.25, -0.2) is 4.79 Å². The summed E-state index contributed by atoms with van der Waals surface area (Å²) in [4.78, 5) is 22.8. The van der Waals surface area contributed by atoms with Gasteiger partial charge in [-0.05, 0) is 24.6 Å². The van der Waals surface area contributed by atoms with Crippen LogP contribution in [0.5, 0.6) is 0 Å². The summed E-state index contributed by atoms with van der Waals surface area (Å²) in [6.07, 6.45) is 1.06. The van der Waals surface area contributed by atoms with E-state index in [0.717, 1.165) is 4.47 Å². The Labute approximate surface area is 118 Å². The van der Waals surface area contributed by atoms with Gasteiger partial charge < -0.3 is 10.4 Å². The fraction of sp³-hybridized carbons (Fsp3) is 0.333. The quantitative estimate of drug-likeness (QED) is 0.869. The molecule has 0 aromatic heterocycles. The van der Waals surface area contributed by atoms with Crippen molar-refractivity contribution in [3.63, 3.8) is 0 Å². The first-order valence-corrected chi connectivity index (χ1v) is 6.61. The molecule has 0 radical (unpaired) electrons. The van der Waals surface area contributed by atoms with Crippen LogP contribution in [0.3, 0.4) is 0 Å². The van der Waals surface area contributed by atoms with E-state index in [9.17, 15) is 9.59 Å². The van der Waals surface area contributed by atoms with Gasteiger partial charge in [-0.1, -0.05) is 40.9 Å². The maximum absolute atomic E-state index is 11.9. The van der Waals surface area contributed by atoms with Gasteiger partial charge in [0.25, 0.3) is 5.91 Å². The van der Waals surface area contributed by atoms with Crippen LogP contribution in [-0.2, 0) is 4.79 Å². The number of amides is 1. The molecule has 4 nitrogen and oxygen atoms in total. The first-order valence-electron chi connectivity index (χ1n) is 5.44. The van der Waals surface area contributed by atoms with Crippen molar-refractivity contribution in [2.24, 2.45) is 0 Å². The number of carbonyl (C=O) groups is 2. The summed E-state index contributed by atoms with van der Waals surface area (Å²) in [7, 11) is 0. The number of rotatable bonds is 5. The van der Waals surface area contributed by atoms with Crippen LogP contribution in [0.2, 0.25) is 5.02 Å². The molecule has 1 aromatic carbocycles. The second-order valence-corrected chi connectivity index (χ2v) is 5.10. The van der Waals surface area contributed by atoms with E-state index in [4.69, 9.17) is 16.7 Å². The highest BCUT2D eigenvalue weighted by Crippen LogP contribution is 2.21. The third-order valence-electron chi connectivity index (χ3n) is 2.36. The number of hydrogen-bond acceptors (Lipinski definition) is 2. The highest BCUT2D eigenvalue weighted by atomic mass is 79.9. The van der Waals surface area contributed by atoms with Crippen LogP contribution in [0.4, 0.5) is 0 Å². The standard InChI is InChI=1S/C12H13BrClNO3/c1-2-3-10(12(17)18)15-11(16)8-5-4-7(13)6-9(8)14/h4-6,10H,2-3H2,1H3,(H,15,16)(H,17,18)/t10-/m1/s1. The predicted octanol–water partition coefficient (Wildman–Crippen LogP) is 3.09. The molecule has 1 amide bonds. The Balaban J connectivity index is 2.83.